The highest BCUT2D eigenvalue weighted by Gasteiger charge is 2.32. The minimum Gasteiger partial charge on any atom is -0.371 e. The van der Waals surface area contributed by atoms with Crippen LogP contribution in [0.1, 0.15) is 46.5 Å². The number of hydrogen-bond donors (Lipinski definition) is 1. The largest absolute Gasteiger partial charge is 0.371 e. The van der Waals surface area contributed by atoms with Crippen molar-refractivity contribution < 1.29 is 4.74 Å². The molecule has 2 aliphatic rings. The van der Waals surface area contributed by atoms with Crippen LogP contribution in [0.25, 0.3) is 0 Å². The third-order valence-electron chi connectivity index (χ3n) is 3.82. The highest BCUT2D eigenvalue weighted by molar-refractivity contribution is 4.83. The monoisotopic (exact) mass is 211 g/mol. The van der Waals surface area contributed by atoms with Gasteiger partial charge in [0, 0.05) is 6.54 Å². The summed E-state index contributed by atoms with van der Waals surface area (Å²) in [6.07, 6.45) is 5.78. The summed E-state index contributed by atoms with van der Waals surface area (Å²) in [4.78, 5) is 0. The van der Waals surface area contributed by atoms with Gasteiger partial charge in [-0.2, -0.15) is 0 Å². The van der Waals surface area contributed by atoms with E-state index in [-0.39, 0.29) is 5.60 Å². The summed E-state index contributed by atoms with van der Waals surface area (Å²) < 4.78 is 5.94. The molecule has 88 valence electrons. The molecule has 2 atom stereocenters. The molecule has 1 aliphatic carbocycles. The van der Waals surface area contributed by atoms with Gasteiger partial charge in [-0.1, -0.05) is 6.92 Å². The lowest BCUT2D eigenvalue weighted by atomic mass is 10.1. The van der Waals surface area contributed by atoms with Gasteiger partial charge in [0.2, 0.25) is 0 Å². The second-order valence-electron chi connectivity index (χ2n) is 6.01. The maximum Gasteiger partial charge on any atom is 0.0707 e. The third kappa shape index (κ3) is 3.46. The molecule has 0 aromatic carbocycles. The van der Waals surface area contributed by atoms with Gasteiger partial charge in [0.05, 0.1) is 11.7 Å². The Morgan fingerprint density at radius 3 is 2.60 bits per heavy atom. The van der Waals surface area contributed by atoms with Crippen molar-refractivity contribution >= 4 is 0 Å². The molecule has 1 N–H and O–H groups in total. The van der Waals surface area contributed by atoms with Gasteiger partial charge < -0.3 is 10.1 Å². The Kier molecular flexibility index (Phi) is 3.36. The van der Waals surface area contributed by atoms with E-state index >= 15 is 0 Å². The molecule has 1 saturated heterocycles. The van der Waals surface area contributed by atoms with Crippen LogP contribution >= 0.6 is 0 Å². The van der Waals surface area contributed by atoms with Crippen LogP contribution in [0.3, 0.4) is 0 Å². The number of rotatable bonds is 5. The van der Waals surface area contributed by atoms with Gasteiger partial charge in [0.1, 0.15) is 0 Å². The van der Waals surface area contributed by atoms with Crippen LogP contribution in [0.2, 0.25) is 0 Å². The molecule has 1 heterocycles. The molecule has 0 aromatic heterocycles. The molecule has 2 heteroatoms. The van der Waals surface area contributed by atoms with Crippen LogP contribution in [0, 0.1) is 11.8 Å². The Morgan fingerprint density at radius 2 is 2.07 bits per heavy atom. The molecule has 0 radical (unpaired) electrons. The zero-order valence-corrected chi connectivity index (χ0v) is 10.4. The van der Waals surface area contributed by atoms with Crippen molar-refractivity contribution in [3.8, 4) is 0 Å². The van der Waals surface area contributed by atoms with Gasteiger partial charge in [0.15, 0.2) is 0 Å². The fourth-order valence-electron chi connectivity index (χ4n) is 2.53. The molecule has 2 unspecified atom stereocenters. The second-order valence-corrected chi connectivity index (χ2v) is 6.01. The Balaban J connectivity index is 1.58. The average molecular weight is 211 g/mol. The van der Waals surface area contributed by atoms with Crippen molar-refractivity contribution in [2.24, 2.45) is 11.8 Å². The number of ether oxygens (including phenoxy) is 1. The minimum atomic E-state index is 0.119. The summed E-state index contributed by atoms with van der Waals surface area (Å²) in [6, 6.07) is 0. The Hall–Kier alpha value is -0.0800. The first kappa shape index (κ1) is 11.4. The fourth-order valence-corrected chi connectivity index (χ4v) is 2.53. The molecule has 15 heavy (non-hydrogen) atoms. The Labute approximate surface area is 93.8 Å². The van der Waals surface area contributed by atoms with Gasteiger partial charge in [-0.3, -0.25) is 0 Å². The Morgan fingerprint density at radius 1 is 1.33 bits per heavy atom. The summed E-state index contributed by atoms with van der Waals surface area (Å²) in [5, 5.41) is 3.56. The Bertz CT molecular complexity index is 211. The molecule has 0 aromatic rings. The van der Waals surface area contributed by atoms with E-state index in [1.54, 1.807) is 0 Å². The first-order valence-corrected chi connectivity index (χ1v) is 6.45. The van der Waals surface area contributed by atoms with Gasteiger partial charge >= 0.3 is 0 Å². The summed E-state index contributed by atoms with van der Waals surface area (Å²) in [5.41, 5.74) is 0.119. The van der Waals surface area contributed by atoms with Crippen LogP contribution in [-0.2, 0) is 4.74 Å². The van der Waals surface area contributed by atoms with Crippen LogP contribution in [-0.4, -0.2) is 24.8 Å². The highest BCUT2D eigenvalue weighted by Crippen LogP contribution is 2.36. The highest BCUT2D eigenvalue weighted by atomic mass is 16.5. The quantitative estimate of drug-likeness (QED) is 0.754. The van der Waals surface area contributed by atoms with Gasteiger partial charge in [-0.05, 0) is 57.9 Å². The topological polar surface area (TPSA) is 21.3 Å². The molecule has 0 bridgehead atoms. The van der Waals surface area contributed by atoms with Crippen molar-refractivity contribution in [2.45, 2.75) is 58.2 Å². The zero-order chi connectivity index (χ0) is 10.9. The van der Waals surface area contributed by atoms with Crippen LogP contribution in [0.15, 0.2) is 0 Å². The normalized spacial score (nSPS) is 31.8. The van der Waals surface area contributed by atoms with E-state index in [1.165, 1.54) is 32.2 Å². The van der Waals surface area contributed by atoms with E-state index < -0.39 is 0 Å². The lowest BCUT2D eigenvalue weighted by molar-refractivity contribution is -0.0144. The van der Waals surface area contributed by atoms with Crippen molar-refractivity contribution in [1.29, 1.82) is 0 Å². The number of hydrogen-bond acceptors (Lipinski definition) is 2. The third-order valence-corrected chi connectivity index (χ3v) is 3.82. The van der Waals surface area contributed by atoms with Gasteiger partial charge in [-0.25, -0.2) is 0 Å². The first-order valence-electron chi connectivity index (χ1n) is 6.45. The predicted octanol–water partition coefficient (Wildman–Crippen LogP) is 2.58. The van der Waals surface area contributed by atoms with Crippen LogP contribution in [0.5, 0.6) is 0 Å². The summed E-state index contributed by atoms with van der Waals surface area (Å²) in [6.45, 7) is 8.97. The molecule has 1 aliphatic heterocycles. The van der Waals surface area contributed by atoms with Crippen molar-refractivity contribution in [3.05, 3.63) is 0 Å². The summed E-state index contributed by atoms with van der Waals surface area (Å²) in [5.74, 6) is 1.87. The van der Waals surface area contributed by atoms with Crippen LogP contribution in [0.4, 0.5) is 0 Å². The standard InChI is InChI=1S/C13H25NO/c1-10(11-4-5-11)8-14-9-12-6-7-13(2,3)15-12/h10-12,14H,4-9H2,1-3H3. The van der Waals surface area contributed by atoms with Crippen molar-refractivity contribution in [1.82, 2.24) is 5.32 Å². The molecular formula is C13H25NO. The lowest BCUT2D eigenvalue weighted by Crippen LogP contribution is -2.32. The minimum absolute atomic E-state index is 0.119. The van der Waals surface area contributed by atoms with E-state index in [2.05, 4.69) is 26.1 Å². The van der Waals surface area contributed by atoms with Gasteiger partial charge in [-0.15, -0.1) is 0 Å². The lowest BCUT2D eigenvalue weighted by Gasteiger charge is -2.20. The molecule has 1 saturated carbocycles. The van der Waals surface area contributed by atoms with E-state index in [9.17, 15) is 0 Å². The molecule has 2 rings (SSSR count). The van der Waals surface area contributed by atoms with Crippen LogP contribution < -0.4 is 5.32 Å². The summed E-state index contributed by atoms with van der Waals surface area (Å²) in [7, 11) is 0. The summed E-state index contributed by atoms with van der Waals surface area (Å²) >= 11 is 0. The number of nitrogens with one attached hydrogen (secondary N) is 1. The molecule has 2 nitrogen and oxygen atoms in total. The van der Waals surface area contributed by atoms with E-state index in [4.69, 9.17) is 4.74 Å². The smallest absolute Gasteiger partial charge is 0.0707 e. The molecule has 2 fully saturated rings. The van der Waals surface area contributed by atoms with Crippen molar-refractivity contribution in [2.75, 3.05) is 13.1 Å². The zero-order valence-electron chi connectivity index (χ0n) is 10.4. The first-order chi connectivity index (χ1) is 7.07. The molecule has 0 amide bonds. The SMILES string of the molecule is CC(CNCC1CCC(C)(C)O1)C1CC1. The fraction of sp³-hybridized carbons (Fsp3) is 1.00. The van der Waals surface area contributed by atoms with E-state index in [0.717, 1.165) is 18.4 Å². The maximum atomic E-state index is 5.94. The predicted molar refractivity (Wildman–Crippen MR) is 62.9 cm³/mol. The molecular weight excluding hydrogens is 186 g/mol. The average Bonchev–Trinajstić information content (AvgIpc) is 2.92. The van der Waals surface area contributed by atoms with Gasteiger partial charge in [0.25, 0.3) is 0 Å². The van der Waals surface area contributed by atoms with Crippen molar-refractivity contribution in [3.63, 3.8) is 0 Å². The van der Waals surface area contributed by atoms with E-state index in [0.29, 0.717) is 6.10 Å². The maximum absolute atomic E-state index is 5.94. The second kappa shape index (κ2) is 4.42. The van der Waals surface area contributed by atoms with E-state index in [1.807, 2.05) is 0 Å². The molecule has 0 spiro atoms.